The lowest BCUT2D eigenvalue weighted by Gasteiger charge is -2.05. The fourth-order valence-corrected chi connectivity index (χ4v) is 1.57. The van der Waals surface area contributed by atoms with Crippen LogP contribution < -0.4 is 0 Å². The van der Waals surface area contributed by atoms with E-state index in [9.17, 15) is 0 Å². The third-order valence-corrected chi connectivity index (χ3v) is 2.42. The summed E-state index contributed by atoms with van der Waals surface area (Å²) in [6, 6.07) is 17.9. The molecule has 0 saturated heterocycles. The van der Waals surface area contributed by atoms with Crippen molar-refractivity contribution in [2.24, 2.45) is 0 Å². The van der Waals surface area contributed by atoms with Crippen LogP contribution in [0.15, 0.2) is 42.5 Å². The standard InChI is InChI=1S/C14H13/c1-11-7-9-13(10-8-11)14-6-4-3-5-12(14)2/h3-7,9-10H,1-2H3. The fraction of sp³-hybridized carbons (Fsp3) is 0.143. The summed E-state index contributed by atoms with van der Waals surface area (Å²) >= 11 is 0. The second kappa shape index (κ2) is 3.67. The first-order valence-electron chi connectivity index (χ1n) is 4.82. The summed E-state index contributed by atoms with van der Waals surface area (Å²) in [6.45, 7) is 4.19. The molecular formula is C14H13. The van der Waals surface area contributed by atoms with Gasteiger partial charge in [0, 0.05) is 0 Å². The smallest absolute Gasteiger partial charge is 0.0146 e. The maximum absolute atomic E-state index is 3.23. The van der Waals surface area contributed by atoms with Crippen LogP contribution in [-0.4, -0.2) is 0 Å². The predicted octanol–water partition coefficient (Wildman–Crippen LogP) is 3.77. The second-order valence-corrected chi connectivity index (χ2v) is 3.58. The van der Waals surface area contributed by atoms with Gasteiger partial charge in [-0.05, 0) is 48.2 Å². The van der Waals surface area contributed by atoms with E-state index in [2.05, 4.69) is 62.4 Å². The van der Waals surface area contributed by atoms with Crippen molar-refractivity contribution in [3.63, 3.8) is 0 Å². The van der Waals surface area contributed by atoms with Gasteiger partial charge in [-0.1, -0.05) is 36.4 Å². The first-order valence-corrected chi connectivity index (χ1v) is 4.82. The van der Waals surface area contributed by atoms with Gasteiger partial charge in [-0.3, -0.25) is 0 Å². The molecule has 0 amide bonds. The zero-order chi connectivity index (χ0) is 9.97. The molecule has 0 bridgehead atoms. The maximum atomic E-state index is 3.23. The maximum Gasteiger partial charge on any atom is -0.0146 e. The van der Waals surface area contributed by atoms with Crippen molar-refractivity contribution in [3.8, 4) is 11.1 Å². The average Bonchev–Trinajstić information content (AvgIpc) is 2.20. The molecule has 0 aliphatic carbocycles. The molecule has 14 heavy (non-hydrogen) atoms. The van der Waals surface area contributed by atoms with Crippen LogP contribution >= 0.6 is 0 Å². The molecule has 69 valence electrons. The highest BCUT2D eigenvalue weighted by atomic mass is 14.0. The first kappa shape index (κ1) is 9.01. The van der Waals surface area contributed by atoms with E-state index in [0.717, 1.165) is 0 Å². The van der Waals surface area contributed by atoms with E-state index < -0.39 is 0 Å². The summed E-state index contributed by atoms with van der Waals surface area (Å²) in [6.07, 6.45) is 0. The lowest BCUT2D eigenvalue weighted by atomic mass is 10.00. The SMILES string of the molecule is Cc1[c]cc(-c2ccccc2C)cc1. The van der Waals surface area contributed by atoms with Crippen molar-refractivity contribution in [2.75, 3.05) is 0 Å². The van der Waals surface area contributed by atoms with Crippen LogP contribution in [0.25, 0.3) is 11.1 Å². The molecule has 0 aliphatic rings. The zero-order valence-electron chi connectivity index (χ0n) is 8.54. The minimum atomic E-state index is 1.18. The molecule has 2 aromatic rings. The molecule has 0 aliphatic heterocycles. The minimum Gasteiger partial charge on any atom is -0.0620 e. The molecule has 0 saturated carbocycles. The zero-order valence-corrected chi connectivity index (χ0v) is 8.54. The quantitative estimate of drug-likeness (QED) is 0.628. The van der Waals surface area contributed by atoms with Crippen LogP contribution in [0.4, 0.5) is 0 Å². The normalized spacial score (nSPS) is 10.1. The fourth-order valence-electron chi connectivity index (χ4n) is 1.57. The Balaban J connectivity index is 2.50. The summed E-state index contributed by atoms with van der Waals surface area (Å²) in [5, 5.41) is 0. The Morgan fingerprint density at radius 1 is 0.929 bits per heavy atom. The van der Waals surface area contributed by atoms with Crippen LogP contribution in [0.3, 0.4) is 0 Å². The molecule has 1 radical (unpaired) electrons. The second-order valence-electron chi connectivity index (χ2n) is 3.58. The minimum absolute atomic E-state index is 1.18. The van der Waals surface area contributed by atoms with Gasteiger partial charge in [0.05, 0.1) is 0 Å². The van der Waals surface area contributed by atoms with Crippen LogP contribution in [0.1, 0.15) is 11.1 Å². The van der Waals surface area contributed by atoms with Gasteiger partial charge in [-0.25, -0.2) is 0 Å². The monoisotopic (exact) mass is 181 g/mol. The molecule has 2 rings (SSSR count). The highest BCUT2D eigenvalue weighted by molar-refractivity contribution is 5.66. The van der Waals surface area contributed by atoms with Gasteiger partial charge in [0.2, 0.25) is 0 Å². The van der Waals surface area contributed by atoms with E-state index in [1.54, 1.807) is 0 Å². The van der Waals surface area contributed by atoms with Crippen molar-refractivity contribution in [1.82, 2.24) is 0 Å². The number of benzene rings is 2. The molecule has 0 spiro atoms. The van der Waals surface area contributed by atoms with Crippen LogP contribution in [0, 0.1) is 19.9 Å². The number of rotatable bonds is 1. The number of hydrogen-bond acceptors (Lipinski definition) is 0. The van der Waals surface area contributed by atoms with Crippen LogP contribution in [-0.2, 0) is 0 Å². The molecule has 0 unspecified atom stereocenters. The summed E-state index contributed by atoms with van der Waals surface area (Å²) in [5.41, 5.74) is 5.03. The molecule has 0 nitrogen and oxygen atoms in total. The van der Waals surface area contributed by atoms with Crippen molar-refractivity contribution < 1.29 is 0 Å². The van der Waals surface area contributed by atoms with Gasteiger partial charge in [-0.15, -0.1) is 0 Å². The first-order chi connectivity index (χ1) is 6.77. The van der Waals surface area contributed by atoms with Crippen molar-refractivity contribution in [3.05, 3.63) is 59.7 Å². The topological polar surface area (TPSA) is 0 Å². The molecule has 0 heterocycles. The van der Waals surface area contributed by atoms with Crippen molar-refractivity contribution in [1.29, 1.82) is 0 Å². The summed E-state index contributed by atoms with van der Waals surface area (Å²) < 4.78 is 0. The molecular weight excluding hydrogens is 168 g/mol. The molecule has 0 fully saturated rings. The molecule has 0 atom stereocenters. The van der Waals surface area contributed by atoms with Gasteiger partial charge in [-0.2, -0.15) is 0 Å². The third-order valence-electron chi connectivity index (χ3n) is 2.42. The Labute approximate surface area is 85.2 Å². The van der Waals surface area contributed by atoms with Gasteiger partial charge >= 0.3 is 0 Å². The van der Waals surface area contributed by atoms with E-state index in [0.29, 0.717) is 0 Å². The number of hydrogen-bond donors (Lipinski definition) is 0. The highest BCUT2D eigenvalue weighted by Gasteiger charge is 1.99. The van der Waals surface area contributed by atoms with E-state index in [-0.39, 0.29) is 0 Å². The Morgan fingerprint density at radius 3 is 2.36 bits per heavy atom. The van der Waals surface area contributed by atoms with Gasteiger partial charge in [0.1, 0.15) is 0 Å². The lowest BCUT2D eigenvalue weighted by Crippen LogP contribution is -1.82. The van der Waals surface area contributed by atoms with Gasteiger partial charge in [0.25, 0.3) is 0 Å². The van der Waals surface area contributed by atoms with E-state index in [1.165, 1.54) is 22.3 Å². The van der Waals surface area contributed by atoms with E-state index in [1.807, 2.05) is 0 Å². The molecule has 0 N–H and O–H groups in total. The molecule has 2 aromatic carbocycles. The largest absolute Gasteiger partial charge is 0.0620 e. The Morgan fingerprint density at radius 2 is 1.71 bits per heavy atom. The van der Waals surface area contributed by atoms with Crippen LogP contribution in [0.5, 0.6) is 0 Å². The lowest BCUT2D eigenvalue weighted by molar-refractivity contribution is 1.42. The Kier molecular flexibility index (Phi) is 2.36. The van der Waals surface area contributed by atoms with Gasteiger partial charge < -0.3 is 0 Å². The van der Waals surface area contributed by atoms with Crippen molar-refractivity contribution >= 4 is 0 Å². The average molecular weight is 181 g/mol. The van der Waals surface area contributed by atoms with Crippen molar-refractivity contribution in [2.45, 2.75) is 13.8 Å². The van der Waals surface area contributed by atoms with E-state index in [4.69, 9.17) is 0 Å². The number of aryl methyl sites for hydroxylation is 2. The third kappa shape index (κ3) is 1.69. The van der Waals surface area contributed by atoms with E-state index >= 15 is 0 Å². The van der Waals surface area contributed by atoms with Gasteiger partial charge in [0.15, 0.2) is 0 Å². The molecule has 0 aromatic heterocycles. The molecule has 0 heteroatoms. The Hall–Kier alpha value is -1.56. The highest BCUT2D eigenvalue weighted by Crippen LogP contribution is 2.22. The summed E-state index contributed by atoms with van der Waals surface area (Å²) in [5.74, 6) is 0. The van der Waals surface area contributed by atoms with Crippen LogP contribution in [0.2, 0.25) is 0 Å². The predicted molar refractivity (Wildman–Crippen MR) is 60.2 cm³/mol. The summed E-state index contributed by atoms with van der Waals surface area (Å²) in [7, 11) is 0. The Bertz CT molecular complexity index is 424. The summed E-state index contributed by atoms with van der Waals surface area (Å²) in [4.78, 5) is 0.